The fourth-order valence-corrected chi connectivity index (χ4v) is 2.44. The van der Waals surface area contributed by atoms with E-state index >= 15 is 0 Å². The maximum atomic E-state index is 11.8. The van der Waals surface area contributed by atoms with Gasteiger partial charge in [0, 0.05) is 31.3 Å². The molecule has 0 radical (unpaired) electrons. The number of hydrogen-bond acceptors (Lipinski definition) is 3. The lowest BCUT2D eigenvalue weighted by Crippen LogP contribution is -2.29. The van der Waals surface area contributed by atoms with Crippen LogP contribution >= 0.6 is 0 Å². The van der Waals surface area contributed by atoms with Gasteiger partial charge in [-0.15, -0.1) is 0 Å². The van der Waals surface area contributed by atoms with Gasteiger partial charge >= 0.3 is 6.03 Å². The third-order valence-electron chi connectivity index (χ3n) is 3.62. The standard InChI is InChI=1S/C16H23N3O3/c1-3-4-9-17-16(21)18-12-7-8-13(14(11-12)22-2)19-10-5-6-15(19)20/h7-8,11H,3-6,9-10H2,1-2H3,(H2,17,18,21). The fourth-order valence-electron chi connectivity index (χ4n) is 2.44. The summed E-state index contributed by atoms with van der Waals surface area (Å²) in [5, 5.41) is 5.56. The maximum absolute atomic E-state index is 11.8. The smallest absolute Gasteiger partial charge is 0.319 e. The topological polar surface area (TPSA) is 70.7 Å². The normalized spacial score (nSPS) is 14.1. The van der Waals surface area contributed by atoms with E-state index in [1.165, 1.54) is 0 Å². The first kappa shape index (κ1) is 16.1. The van der Waals surface area contributed by atoms with Gasteiger partial charge in [-0.3, -0.25) is 4.79 Å². The van der Waals surface area contributed by atoms with Gasteiger partial charge < -0.3 is 20.3 Å². The number of rotatable bonds is 6. The van der Waals surface area contributed by atoms with Crippen LogP contribution in [0.1, 0.15) is 32.6 Å². The van der Waals surface area contributed by atoms with Crippen LogP contribution in [0.25, 0.3) is 0 Å². The second-order valence-electron chi connectivity index (χ2n) is 5.27. The average molecular weight is 305 g/mol. The van der Waals surface area contributed by atoms with E-state index in [9.17, 15) is 9.59 Å². The number of ether oxygens (including phenoxy) is 1. The van der Waals surface area contributed by atoms with Crippen LogP contribution < -0.4 is 20.3 Å². The number of benzene rings is 1. The summed E-state index contributed by atoms with van der Waals surface area (Å²) in [5.74, 6) is 0.693. The summed E-state index contributed by atoms with van der Waals surface area (Å²) >= 11 is 0. The lowest BCUT2D eigenvalue weighted by Gasteiger charge is -2.19. The Hall–Kier alpha value is -2.24. The van der Waals surface area contributed by atoms with Gasteiger partial charge in [0.15, 0.2) is 0 Å². The SMILES string of the molecule is CCCCNC(=O)Nc1ccc(N2CCCC2=O)c(OC)c1. The number of nitrogens with one attached hydrogen (secondary N) is 2. The van der Waals surface area contributed by atoms with Gasteiger partial charge in [0.25, 0.3) is 0 Å². The number of carbonyl (C=O) groups is 2. The molecule has 120 valence electrons. The average Bonchev–Trinajstić information content (AvgIpc) is 2.93. The number of hydrogen-bond donors (Lipinski definition) is 2. The zero-order chi connectivity index (χ0) is 15.9. The predicted molar refractivity (Wildman–Crippen MR) is 86.5 cm³/mol. The summed E-state index contributed by atoms with van der Waals surface area (Å²) in [6.07, 6.45) is 3.42. The van der Waals surface area contributed by atoms with E-state index in [2.05, 4.69) is 17.6 Å². The minimum absolute atomic E-state index is 0.108. The van der Waals surface area contributed by atoms with Crippen molar-refractivity contribution in [2.75, 3.05) is 30.4 Å². The first-order chi connectivity index (χ1) is 10.7. The van der Waals surface area contributed by atoms with E-state index in [4.69, 9.17) is 4.74 Å². The highest BCUT2D eigenvalue weighted by molar-refractivity contribution is 5.97. The van der Waals surface area contributed by atoms with E-state index in [0.717, 1.165) is 24.9 Å². The number of amides is 3. The molecule has 0 bridgehead atoms. The highest BCUT2D eigenvalue weighted by atomic mass is 16.5. The predicted octanol–water partition coefficient (Wildman–Crippen LogP) is 2.74. The van der Waals surface area contributed by atoms with Crippen LogP contribution in [0, 0.1) is 0 Å². The Balaban J connectivity index is 2.05. The minimum Gasteiger partial charge on any atom is -0.494 e. The molecule has 1 aliphatic rings. The third kappa shape index (κ3) is 3.90. The zero-order valence-corrected chi connectivity index (χ0v) is 13.1. The van der Waals surface area contributed by atoms with Gasteiger partial charge in [-0.25, -0.2) is 4.79 Å². The second-order valence-corrected chi connectivity index (χ2v) is 5.27. The molecule has 2 rings (SSSR count). The highest BCUT2D eigenvalue weighted by Crippen LogP contribution is 2.33. The second kappa shape index (κ2) is 7.68. The molecule has 22 heavy (non-hydrogen) atoms. The maximum Gasteiger partial charge on any atom is 0.319 e. The molecule has 1 aliphatic heterocycles. The van der Waals surface area contributed by atoms with Crippen LogP contribution in [0.3, 0.4) is 0 Å². The van der Waals surface area contributed by atoms with Gasteiger partial charge in [0.05, 0.1) is 12.8 Å². The summed E-state index contributed by atoms with van der Waals surface area (Å²) < 4.78 is 5.36. The van der Waals surface area contributed by atoms with Gasteiger partial charge in [0.2, 0.25) is 5.91 Å². The van der Waals surface area contributed by atoms with Gasteiger partial charge in [0.1, 0.15) is 5.75 Å². The quantitative estimate of drug-likeness (QED) is 0.794. The molecule has 1 aromatic rings. The van der Waals surface area contributed by atoms with Crippen LogP contribution in [-0.2, 0) is 4.79 Å². The molecular weight excluding hydrogens is 282 g/mol. The van der Waals surface area contributed by atoms with E-state index in [1.807, 2.05) is 6.07 Å². The lowest BCUT2D eigenvalue weighted by molar-refractivity contribution is -0.117. The Kier molecular flexibility index (Phi) is 5.63. The molecule has 0 aliphatic carbocycles. The first-order valence-electron chi connectivity index (χ1n) is 7.69. The van der Waals surface area contributed by atoms with Gasteiger partial charge in [-0.1, -0.05) is 13.3 Å². The van der Waals surface area contributed by atoms with Crippen LogP contribution in [0.5, 0.6) is 5.75 Å². The molecule has 1 saturated heterocycles. The number of urea groups is 1. The highest BCUT2D eigenvalue weighted by Gasteiger charge is 2.24. The van der Waals surface area contributed by atoms with Crippen LogP contribution in [0.4, 0.5) is 16.2 Å². The van der Waals surface area contributed by atoms with Crippen LogP contribution in [0.2, 0.25) is 0 Å². The van der Waals surface area contributed by atoms with Crippen LogP contribution in [-0.4, -0.2) is 32.1 Å². The van der Waals surface area contributed by atoms with Crippen molar-refractivity contribution in [2.45, 2.75) is 32.6 Å². The Morgan fingerprint density at radius 1 is 1.41 bits per heavy atom. The van der Waals surface area contributed by atoms with Gasteiger partial charge in [-0.2, -0.15) is 0 Å². The molecule has 1 aromatic carbocycles. The Labute approximate surface area is 130 Å². The van der Waals surface area contributed by atoms with E-state index in [-0.39, 0.29) is 11.9 Å². The van der Waals surface area contributed by atoms with E-state index in [0.29, 0.717) is 30.9 Å². The molecule has 2 N–H and O–H groups in total. The summed E-state index contributed by atoms with van der Waals surface area (Å²) in [6.45, 7) is 3.43. The van der Waals surface area contributed by atoms with Crippen molar-refractivity contribution in [1.29, 1.82) is 0 Å². The molecule has 6 heteroatoms. The summed E-state index contributed by atoms with van der Waals surface area (Å²) in [4.78, 5) is 25.3. The van der Waals surface area contributed by atoms with Crippen molar-refractivity contribution in [3.8, 4) is 5.75 Å². The number of unbranched alkanes of at least 4 members (excludes halogenated alkanes) is 1. The number of nitrogens with zero attached hydrogens (tertiary/aromatic N) is 1. The zero-order valence-electron chi connectivity index (χ0n) is 13.1. The van der Waals surface area contributed by atoms with Crippen molar-refractivity contribution in [2.24, 2.45) is 0 Å². The monoisotopic (exact) mass is 305 g/mol. The fraction of sp³-hybridized carbons (Fsp3) is 0.500. The van der Waals surface area contributed by atoms with Crippen molar-refractivity contribution in [3.63, 3.8) is 0 Å². The Bertz CT molecular complexity index is 545. The summed E-state index contributed by atoms with van der Waals surface area (Å²) in [7, 11) is 1.56. The summed E-state index contributed by atoms with van der Waals surface area (Å²) in [5.41, 5.74) is 1.39. The minimum atomic E-state index is -0.236. The van der Waals surface area contributed by atoms with Crippen molar-refractivity contribution >= 4 is 23.3 Å². The molecule has 6 nitrogen and oxygen atoms in total. The number of carbonyl (C=O) groups excluding carboxylic acids is 2. The molecule has 0 atom stereocenters. The molecular formula is C16H23N3O3. The van der Waals surface area contributed by atoms with Crippen LogP contribution in [0.15, 0.2) is 18.2 Å². The van der Waals surface area contributed by atoms with Crippen molar-refractivity contribution in [1.82, 2.24) is 5.32 Å². The Morgan fingerprint density at radius 3 is 2.86 bits per heavy atom. The summed E-state index contributed by atoms with van der Waals surface area (Å²) in [6, 6.07) is 5.09. The number of anilines is 2. The van der Waals surface area contributed by atoms with Gasteiger partial charge in [-0.05, 0) is 25.0 Å². The molecule has 0 aromatic heterocycles. The van der Waals surface area contributed by atoms with E-state index < -0.39 is 0 Å². The molecule has 3 amide bonds. The molecule has 1 fully saturated rings. The third-order valence-corrected chi connectivity index (χ3v) is 3.62. The number of methoxy groups -OCH3 is 1. The first-order valence-corrected chi connectivity index (χ1v) is 7.69. The molecule has 0 unspecified atom stereocenters. The molecule has 1 heterocycles. The lowest BCUT2D eigenvalue weighted by atomic mass is 10.2. The molecule has 0 spiro atoms. The largest absolute Gasteiger partial charge is 0.494 e. The molecule has 0 saturated carbocycles. The Morgan fingerprint density at radius 2 is 2.23 bits per heavy atom. The van der Waals surface area contributed by atoms with Crippen molar-refractivity contribution < 1.29 is 14.3 Å². The van der Waals surface area contributed by atoms with E-state index in [1.54, 1.807) is 24.1 Å². The van der Waals surface area contributed by atoms with Crippen molar-refractivity contribution in [3.05, 3.63) is 18.2 Å².